The maximum Gasteiger partial charge on any atom is 0.259 e. The van der Waals surface area contributed by atoms with Crippen LogP contribution in [0.25, 0.3) is 0 Å². The summed E-state index contributed by atoms with van der Waals surface area (Å²) in [4.78, 5) is 12.4. The predicted molar refractivity (Wildman–Crippen MR) is 78.4 cm³/mol. The smallest absolute Gasteiger partial charge is 0.259 e. The van der Waals surface area contributed by atoms with E-state index >= 15 is 0 Å². The van der Waals surface area contributed by atoms with Gasteiger partial charge in [0.25, 0.3) is 5.91 Å². The summed E-state index contributed by atoms with van der Waals surface area (Å²) in [6, 6.07) is 8.77. The van der Waals surface area contributed by atoms with E-state index in [0.717, 1.165) is 5.56 Å². The van der Waals surface area contributed by atoms with E-state index in [0.29, 0.717) is 28.4 Å². The minimum absolute atomic E-state index is 0.203. The topological polar surface area (TPSA) is 68.3 Å². The molecule has 2 rings (SSSR count). The van der Waals surface area contributed by atoms with Crippen molar-refractivity contribution in [1.82, 2.24) is 0 Å². The Morgan fingerprint density at radius 1 is 1.42 bits per heavy atom. The normalized spacial score (nSPS) is 10.2. The van der Waals surface area contributed by atoms with Gasteiger partial charge < -0.3 is 15.5 Å². The molecular weight excluding hydrogens is 260 g/mol. The number of benzene rings is 1. The van der Waals surface area contributed by atoms with Crippen molar-refractivity contribution in [1.29, 1.82) is 0 Å². The van der Waals surface area contributed by atoms with E-state index in [4.69, 9.17) is 22.4 Å². The molecule has 19 heavy (non-hydrogen) atoms. The van der Waals surface area contributed by atoms with Crippen LogP contribution in [0.3, 0.4) is 0 Å². The minimum Gasteiger partial charge on any atom is -0.469 e. The van der Waals surface area contributed by atoms with Crippen LogP contribution in [0.1, 0.15) is 28.6 Å². The van der Waals surface area contributed by atoms with Gasteiger partial charge in [0, 0.05) is 17.7 Å². The largest absolute Gasteiger partial charge is 0.469 e. The van der Waals surface area contributed by atoms with E-state index < -0.39 is 0 Å². The summed E-state index contributed by atoms with van der Waals surface area (Å²) in [6.07, 6.45) is 2.18. The molecule has 0 fully saturated rings. The number of nitrogens with two attached hydrogens (primary N) is 1. The Labute approximate surface area is 116 Å². The van der Waals surface area contributed by atoms with E-state index in [1.54, 1.807) is 30.3 Å². The standard InChI is InChI=1S/C14H14N2O2S/c1-2-12-11(6-7-18-12)14(17)16-10-5-3-4-9(8-10)13(15)19/h3-8H,2H2,1H3,(H2,15,19)(H,16,17). The van der Waals surface area contributed by atoms with E-state index in [9.17, 15) is 4.79 Å². The Morgan fingerprint density at radius 3 is 2.89 bits per heavy atom. The molecule has 0 radical (unpaired) electrons. The van der Waals surface area contributed by atoms with Gasteiger partial charge in [-0.2, -0.15) is 0 Å². The number of hydrogen-bond acceptors (Lipinski definition) is 3. The third-order valence-corrected chi connectivity index (χ3v) is 2.95. The Bertz CT molecular complexity index is 619. The number of amides is 1. The Hall–Kier alpha value is -2.14. The number of nitrogens with one attached hydrogen (secondary N) is 1. The average molecular weight is 274 g/mol. The second kappa shape index (κ2) is 5.67. The van der Waals surface area contributed by atoms with Crippen LogP contribution in [0, 0.1) is 0 Å². The molecule has 0 unspecified atom stereocenters. The molecule has 0 bridgehead atoms. The molecule has 0 atom stereocenters. The summed E-state index contributed by atoms with van der Waals surface area (Å²) >= 11 is 4.90. The van der Waals surface area contributed by atoms with Gasteiger partial charge in [0.05, 0.1) is 11.8 Å². The third kappa shape index (κ3) is 3.00. The van der Waals surface area contributed by atoms with Gasteiger partial charge >= 0.3 is 0 Å². The second-order valence-corrected chi connectivity index (χ2v) is 4.45. The van der Waals surface area contributed by atoms with Gasteiger partial charge in [-0.1, -0.05) is 31.3 Å². The van der Waals surface area contributed by atoms with E-state index in [1.165, 1.54) is 6.26 Å². The predicted octanol–water partition coefficient (Wildman–Crippen LogP) is 2.73. The second-order valence-electron chi connectivity index (χ2n) is 4.01. The van der Waals surface area contributed by atoms with Crippen LogP contribution < -0.4 is 11.1 Å². The highest BCUT2D eigenvalue weighted by Gasteiger charge is 2.13. The molecule has 3 N–H and O–H groups in total. The highest BCUT2D eigenvalue weighted by molar-refractivity contribution is 7.80. The van der Waals surface area contributed by atoms with E-state index in [1.807, 2.05) is 6.92 Å². The number of rotatable bonds is 4. The molecule has 0 saturated carbocycles. The van der Waals surface area contributed by atoms with Gasteiger partial charge in [0.2, 0.25) is 0 Å². The molecular formula is C14H14N2O2S. The van der Waals surface area contributed by atoms with Crippen molar-refractivity contribution in [2.75, 3.05) is 5.32 Å². The molecule has 0 saturated heterocycles. The fraction of sp³-hybridized carbons (Fsp3) is 0.143. The Balaban J connectivity index is 2.19. The van der Waals surface area contributed by atoms with Crippen LogP contribution >= 0.6 is 12.2 Å². The fourth-order valence-corrected chi connectivity index (χ4v) is 1.89. The lowest BCUT2D eigenvalue weighted by atomic mass is 10.1. The molecule has 1 aromatic heterocycles. The highest BCUT2D eigenvalue weighted by Crippen LogP contribution is 2.15. The van der Waals surface area contributed by atoms with Crippen molar-refractivity contribution >= 4 is 28.8 Å². The van der Waals surface area contributed by atoms with Crippen molar-refractivity contribution in [2.24, 2.45) is 5.73 Å². The zero-order valence-electron chi connectivity index (χ0n) is 10.5. The molecule has 5 heteroatoms. The summed E-state index contributed by atoms with van der Waals surface area (Å²) < 4.78 is 5.23. The number of thiocarbonyl (C=S) groups is 1. The minimum atomic E-state index is -0.203. The highest BCUT2D eigenvalue weighted by atomic mass is 32.1. The molecule has 0 aliphatic rings. The van der Waals surface area contributed by atoms with Gasteiger partial charge in [-0.25, -0.2) is 0 Å². The SMILES string of the molecule is CCc1occc1C(=O)Nc1cccc(C(N)=S)c1. The first-order valence-corrected chi connectivity index (χ1v) is 6.30. The lowest BCUT2D eigenvalue weighted by molar-refractivity contribution is 0.102. The number of carbonyl (C=O) groups excluding carboxylic acids is 1. The molecule has 1 heterocycles. The first kappa shape index (κ1) is 13.3. The maximum atomic E-state index is 12.1. The fourth-order valence-electron chi connectivity index (χ4n) is 1.77. The van der Waals surface area contributed by atoms with Crippen molar-refractivity contribution < 1.29 is 9.21 Å². The van der Waals surface area contributed by atoms with Crippen LogP contribution in [0.15, 0.2) is 41.0 Å². The van der Waals surface area contributed by atoms with Crippen LogP contribution in [-0.4, -0.2) is 10.9 Å². The zero-order chi connectivity index (χ0) is 13.8. The Kier molecular flexibility index (Phi) is 3.97. The molecule has 0 spiro atoms. The van der Waals surface area contributed by atoms with Gasteiger partial charge in [-0.15, -0.1) is 0 Å². The summed E-state index contributed by atoms with van der Waals surface area (Å²) in [6.45, 7) is 1.93. The van der Waals surface area contributed by atoms with E-state index in [-0.39, 0.29) is 5.91 Å². The van der Waals surface area contributed by atoms with Crippen molar-refractivity contribution in [3.05, 3.63) is 53.5 Å². The van der Waals surface area contributed by atoms with Gasteiger partial charge in [-0.3, -0.25) is 4.79 Å². The molecule has 2 aromatic rings. The summed E-state index contributed by atoms with van der Waals surface area (Å²) in [5.41, 5.74) is 7.47. The number of hydrogen-bond donors (Lipinski definition) is 2. The average Bonchev–Trinajstić information content (AvgIpc) is 2.87. The summed E-state index contributed by atoms with van der Waals surface area (Å²) in [5, 5.41) is 2.80. The lowest BCUT2D eigenvalue weighted by Crippen LogP contribution is -2.14. The lowest BCUT2D eigenvalue weighted by Gasteiger charge is -2.06. The Morgan fingerprint density at radius 2 is 2.21 bits per heavy atom. The first-order valence-electron chi connectivity index (χ1n) is 5.89. The van der Waals surface area contributed by atoms with Gasteiger partial charge in [0.1, 0.15) is 10.7 Å². The van der Waals surface area contributed by atoms with Crippen LogP contribution in [0.2, 0.25) is 0 Å². The number of anilines is 1. The molecule has 1 amide bonds. The molecule has 98 valence electrons. The summed E-state index contributed by atoms with van der Waals surface area (Å²) in [5.74, 6) is 0.466. The van der Waals surface area contributed by atoms with Crippen molar-refractivity contribution in [2.45, 2.75) is 13.3 Å². The summed E-state index contributed by atoms with van der Waals surface area (Å²) in [7, 11) is 0. The number of aryl methyl sites for hydroxylation is 1. The number of furan rings is 1. The quantitative estimate of drug-likeness (QED) is 0.841. The molecule has 1 aromatic carbocycles. The van der Waals surface area contributed by atoms with Crippen LogP contribution in [0.4, 0.5) is 5.69 Å². The van der Waals surface area contributed by atoms with Crippen molar-refractivity contribution in [3.63, 3.8) is 0 Å². The van der Waals surface area contributed by atoms with Gasteiger partial charge in [-0.05, 0) is 18.2 Å². The van der Waals surface area contributed by atoms with Gasteiger partial charge in [0.15, 0.2) is 0 Å². The maximum absolute atomic E-state index is 12.1. The zero-order valence-corrected chi connectivity index (χ0v) is 11.3. The first-order chi connectivity index (χ1) is 9.11. The van der Waals surface area contributed by atoms with E-state index in [2.05, 4.69) is 5.32 Å². The number of carbonyl (C=O) groups is 1. The van der Waals surface area contributed by atoms with Crippen LogP contribution in [0.5, 0.6) is 0 Å². The molecule has 0 aliphatic heterocycles. The monoisotopic (exact) mass is 274 g/mol. The molecule has 0 aliphatic carbocycles. The van der Waals surface area contributed by atoms with Crippen molar-refractivity contribution in [3.8, 4) is 0 Å². The third-order valence-electron chi connectivity index (χ3n) is 2.72. The molecule has 4 nitrogen and oxygen atoms in total. The van der Waals surface area contributed by atoms with Crippen LogP contribution in [-0.2, 0) is 6.42 Å².